The first kappa shape index (κ1) is 8.13. The van der Waals surface area contributed by atoms with E-state index in [2.05, 4.69) is 9.05 Å². The molecule has 0 aromatic heterocycles. The van der Waals surface area contributed by atoms with Crippen LogP contribution in [0.15, 0.2) is 0 Å². The lowest BCUT2D eigenvalue weighted by molar-refractivity contribution is -0.125. The van der Waals surface area contributed by atoms with E-state index in [-0.39, 0.29) is 12.9 Å². The van der Waals surface area contributed by atoms with Crippen molar-refractivity contribution in [2.45, 2.75) is 0 Å². The summed E-state index contributed by atoms with van der Waals surface area (Å²) in [6.07, 6.45) is 0. The van der Waals surface area contributed by atoms with Gasteiger partial charge in [0.05, 0.1) is 0 Å². The van der Waals surface area contributed by atoms with Crippen molar-refractivity contribution in [3.8, 4) is 0 Å². The van der Waals surface area contributed by atoms with E-state index in [9.17, 15) is 14.2 Å². The van der Waals surface area contributed by atoms with Gasteiger partial charge in [-0.2, -0.15) is 0 Å². The fourth-order valence-electron chi connectivity index (χ4n) is 0.134. The first-order chi connectivity index (χ1) is 4.12. The molecule has 9 heavy (non-hydrogen) atoms. The first-order valence-corrected chi connectivity index (χ1v) is 3.19. The molecule has 52 valence electrons. The average Bonchev–Trinajstić information content (AvgIpc) is 1.64. The molecule has 0 spiro atoms. The Bertz CT molecular complexity index is 137. The van der Waals surface area contributed by atoms with E-state index in [0.29, 0.717) is 0 Å². The standard InChI is InChI=1S/C2H3O6P/c3-1-7-9(5,6)8-2-4/h1-2H,(H,5,6). The van der Waals surface area contributed by atoms with E-state index in [1.165, 1.54) is 0 Å². The zero-order valence-corrected chi connectivity index (χ0v) is 4.98. The summed E-state index contributed by atoms with van der Waals surface area (Å²) in [6, 6.07) is 0. The van der Waals surface area contributed by atoms with Gasteiger partial charge < -0.3 is 9.05 Å². The Hall–Kier alpha value is -0.870. The van der Waals surface area contributed by atoms with Crippen molar-refractivity contribution in [1.82, 2.24) is 0 Å². The van der Waals surface area contributed by atoms with Gasteiger partial charge in [0.2, 0.25) is 0 Å². The molecule has 0 aromatic rings. The molecule has 0 atom stereocenters. The summed E-state index contributed by atoms with van der Waals surface area (Å²) in [7, 11) is -4.43. The number of rotatable bonds is 4. The molecule has 6 nitrogen and oxygen atoms in total. The van der Waals surface area contributed by atoms with Crippen LogP contribution < -0.4 is 0 Å². The van der Waals surface area contributed by atoms with Crippen LogP contribution in [0.1, 0.15) is 0 Å². The predicted octanol–water partition coefficient (Wildman–Crippen LogP) is -0.567. The summed E-state index contributed by atoms with van der Waals surface area (Å²) in [5.74, 6) is 0. The second kappa shape index (κ2) is 3.21. The molecule has 0 rings (SSSR count). The lowest BCUT2D eigenvalue weighted by Gasteiger charge is -2.01. The third-order valence-electron chi connectivity index (χ3n) is 0.352. The molecular formula is C2H3O6P. The second-order valence-electron chi connectivity index (χ2n) is 0.872. The van der Waals surface area contributed by atoms with E-state index in [1.54, 1.807) is 0 Å². The van der Waals surface area contributed by atoms with Crippen LogP contribution >= 0.6 is 7.82 Å². The van der Waals surface area contributed by atoms with Crippen molar-refractivity contribution in [2.75, 3.05) is 0 Å². The van der Waals surface area contributed by atoms with Gasteiger partial charge in [-0.1, -0.05) is 0 Å². The maximum Gasteiger partial charge on any atom is 0.588 e. The Morgan fingerprint density at radius 1 is 1.22 bits per heavy atom. The molecule has 7 heteroatoms. The largest absolute Gasteiger partial charge is 0.588 e. The van der Waals surface area contributed by atoms with Crippen LogP contribution in [0, 0.1) is 0 Å². The quantitative estimate of drug-likeness (QED) is 0.430. The Kier molecular flexibility index (Phi) is 2.90. The number of hydrogen-bond donors (Lipinski definition) is 1. The average molecular weight is 154 g/mol. The molecule has 0 aliphatic heterocycles. The van der Waals surface area contributed by atoms with Gasteiger partial charge in [-0.15, -0.1) is 0 Å². The molecule has 0 amide bonds. The minimum atomic E-state index is -4.43. The van der Waals surface area contributed by atoms with Gasteiger partial charge in [0.25, 0.3) is 0 Å². The van der Waals surface area contributed by atoms with Gasteiger partial charge in [0.15, 0.2) is 0 Å². The third kappa shape index (κ3) is 3.69. The molecule has 0 aromatic carbocycles. The van der Waals surface area contributed by atoms with Crippen LogP contribution in [-0.2, 0) is 23.2 Å². The lowest BCUT2D eigenvalue weighted by atomic mass is 11.7. The van der Waals surface area contributed by atoms with E-state index in [0.717, 1.165) is 0 Å². The van der Waals surface area contributed by atoms with E-state index in [1.807, 2.05) is 0 Å². The van der Waals surface area contributed by atoms with Gasteiger partial charge in [-0.3, -0.25) is 14.5 Å². The monoisotopic (exact) mass is 154 g/mol. The summed E-state index contributed by atoms with van der Waals surface area (Å²) in [5.41, 5.74) is 0. The smallest absolute Gasteiger partial charge is 0.364 e. The summed E-state index contributed by atoms with van der Waals surface area (Å²) < 4.78 is 17.0. The molecule has 0 heterocycles. The Labute approximate surface area is 50.0 Å². The van der Waals surface area contributed by atoms with Crippen molar-refractivity contribution in [2.24, 2.45) is 0 Å². The van der Waals surface area contributed by atoms with Crippen LogP contribution in [0.3, 0.4) is 0 Å². The van der Waals surface area contributed by atoms with Crippen molar-refractivity contribution >= 4 is 20.8 Å². The van der Waals surface area contributed by atoms with Crippen molar-refractivity contribution in [3.63, 3.8) is 0 Å². The van der Waals surface area contributed by atoms with Crippen molar-refractivity contribution in [3.05, 3.63) is 0 Å². The van der Waals surface area contributed by atoms with Gasteiger partial charge in [-0.25, -0.2) is 4.57 Å². The van der Waals surface area contributed by atoms with Gasteiger partial charge in [-0.05, 0) is 0 Å². The molecular weight excluding hydrogens is 151 g/mol. The highest BCUT2D eigenvalue weighted by Crippen LogP contribution is 2.40. The minimum Gasteiger partial charge on any atom is -0.364 e. The molecule has 0 bridgehead atoms. The summed E-state index contributed by atoms with van der Waals surface area (Å²) in [5, 5.41) is 0. The first-order valence-electron chi connectivity index (χ1n) is 1.69. The van der Waals surface area contributed by atoms with E-state index >= 15 is 0 Å². The van der Waals surface area contributed by atoms with Crippen LogP contribution in [0.25, 0.3) is 0 Å². The fraction of sp³-hybridized carbons (Fsp3) is 0. The topological polar surface area (TPSA) is 89.9 Å². The van der Waals surface area contributed by atoms with E-state index in [4.69, 9.17) is 4.89 Å². The maximum absolute atomic E-state index is 10.1. The zero-order valence-electron chi connectivity index (χ0n) is 4.09. The number of phosphoric acid groups is 1. The third-order valence-corrected chi connectivity index (χ3v) is 1.06. The summed E-state index contributed by atoms with van der Waals surface area (Å²) in [6.45, 7) is -0.575. The van der Waals surface area contributed by atoms with Crippen molar-refractivity contribution < 1.29 is 28.1 Å². The van der Waals surface area contributed by atoms with Crippen LogP contribution in [-0.4, -0.2) is 17.8 Å². The lowest BCUT2D eigenvalue weighted by Crippen LogP contribution is -1.90. The van der Waals surface area contributed by atoms with Crippen LogP contribution in [0.5, 0.6) is 0 Å². The Morgan fingerprint density at radius 2 is 1.56 bits per heavy atom. The molecule has 0 aliphatic rings. The normalized spacial score (nSPS) is 9.89. The minimum absolute atomic E-state index is 0.287. The molecule has 0 saturated heterocycles. The number of carbonyl (C=O) groups excluding carboxylic acids is 2. The fourth-order valence-corrected chi connectivity index (χ4v) is 0.401. The predicted molar refractivity (Wildman–Crippen MR) is 24.1 cm³/mol. The number of hydrogen-bond acceptors (Lipinski definition) is 5. The van der Waals surface area contributed by atoms with Crippen molar-refractivity contribution in [1.29, 1.82) is 0 Å². The van der Waals surface area contributed by atoms with Gasteiger partial charge in [0, 0.05) is 0 Å². The molecule has 0 aliphatic carbocycles. The highest BCUT2D eigenvalue weighted by molar-refractivity contribution is 7.48. The SMILES string of the molecule is O=COP(=O)(O)OC=O. The molecule has 0 saturated carbocycles. The highest BCUT2D eigenvalue weighted by Gasteiger charge is 2.21. The summed E-state index contributed by atoms with van der Waals surface area (Å²) in [4.78, 5) is 26.9. The number of carbonyl (C=O) groups is 2. The van der Waals surface area contributed by atoms with Crippen LogP contribution in [0.4, 0.5) is 0 Å². The summed E-state index contributed by atoms with van der Waals surface area (Å²) >= 11 is 0. The molecule has 0 unspecified atom stereocenters. The maximum atomic E-state index is 10.1. The zero-order chi connectivity index (χ0) is 7.33. The Balaban J connectivity index is 3.85. The molecule has 0 radical (unpaired) electrons. The van der Waals surface area contributed by atoms with Crippen LogP contribution in [0.2, 0.25) is 0 Å². The van der Waals surface area contributed by atoms with Gasteiger partial charge in [0.1, 0.15) is 0 Å². The Morgan fingerprint density at radius 3 is 1.78 bits per heavy atom. The van der Waals surface area contributed by atoms with Gasteiger partial charge >= 0.3 is 20.8 Å². The molecule has 1 N–H and O–H groups in total. The number of phosphoric ester groups is 1. The second-order valence-corrected chi connectivity index (χ2v) is 2.23. The highest BCUT2D eigenvalue weighted by atomic mass is 31.2. The van der Waals surface area contributed by atoms with E-state index < -0.39 is 7.82 Å². The molecule has 0 fully saturated rings.